The van der Waals surface area contributed by atoms with Crippen molar-refractivity contribution in [3.8, 4) is 11.3 Å². The van der Waals surface area contributed by atoms with E-state index in [4.69, 9.17) is 12.2 Å². The Morgan fingerprint density at radius 3 is 3.00 bits per heavy atom. The van der Waals surface area contributed by atoms with Crippen LogP contribution in [0.4, 0.5) is 0 Å². The molecular weight excluding hydrogens is 266 g/mol. The number of rotatable bonds is 3. The summed E-state index contributed by atoms with van der Waals surface area (Å²) in [6, 6.07) is 8.28. The van der Waals surface area contributed by atoms with Gasteiger partial charge in [0, 0.05) is 28.9 Å². The molecule has 0 saturated heterocycles. The van der Waals surface area contributed by atoms with Crippen LogP contribution in [0.15, 0.2) is 43.0 Å². The van der Waals surface area contributed by atoms with E-state index in [1.807, 2.05) is 18.5 Å². The Bertz CT molecular complexity index is 803. The van der Waals surface area contributed by atoms with Gasteiger partial charge in [-0.25, -0.2) is 4.98 Å². The molecule has 2 aromatic heterocycles. The second-order valence-electron chi connectivity index (χ2n) is 4.71. The molecule has 3 aromatic rings. The molecule has 0 amide bonds. The first-order chi connectivity index (χ1) is 9.81. The van der Waals surface area contributed by atoms with Crippen molar-refractivity contribution in [1.82, 2.24) is 15.0 Å². The number of nitrogens with zero attached hydrogens (tertiary/aromatic N) is 2. The molecule has 3 nitrogen and oxygen atoms in total. The molecule has 0 radical (unpaired) electrons. The van der Waals surface area contributed by atoms with Crippen LogP contribution >= 0.6 is 12.2 Å². The average Bonchev–Trinajstić information content (AvgIpc) is 2.49. The summed E-state index contributed by atoms with van der Waals surface area (Å²) in [6.45, 7) is 2.15. The minimum Gasteiger partial charge on any atom is -0.346 e. The van der Waals surface area contributed by atoms with Crippen LogP contribution in [0.2, 0.25) is 0 Å². The minimum absolute atomic E-state index is 0.682. The van der Waals surface area contributed by atoms with Crippen molar-refractivity contribution in [2.45, 2.75) is 19.8 Å². The van der Waals surface area contributed by atoms with Crippen molar-refractivity contribution < 1.29 is 0 Å². The molecule has 4 heteroatoms. The Morgan fingerprint density at radius 1 is 1.25 bits per heavy atom. The van der Waals surface area contributed by atoms with Gasteiger partial charge in [-0.15, -0.1) is 0 Å². The Labute approximate surface area is 122 Å². The van der Waals surface area contributed by atoms with Crippen LogP contribution in [0.1, 0.15) is 18.9 Å². The van der Waals surface area contributed by atoms with E-state index in [1.54, 1.807) is 6.33 Å². The molecule has 0 fully saturated rings. The SMILES string of the molecule is CCCc1c(-c2cccc3ccncc23)[nH]cnc1=S. The lowest BCUT2D eigenvalue weighted by Gasteiger charge is -2.11. The van der Waals surface area contributed by atoms with Crippen LogP contribution in [0.25, 0.3) is 22.0 Å². The maximum atomic E-state index is 5.38. The molecule has 1 N–H and O–H groups in total. The van der Waals surface area contributed by atoms with Gasteiger partial charge in [-0.3, -0.25) is 4.98 Å². The van der Waals surface area contributed by atoms with Gasteiger partial charge in [-0.1, -0.05) is 43.8 Å². The fraction of sp³-hybridized carbons (Fsp3) is 0.188. The Morgan fingerprint density at radius 2 is 2.15 bits per heavy atom. The van der Waals surface area contributed by atoms with Crippen LogP contribution < -0.4 is 0 Å². The zero-order valence-corrected chi connectivity index (χ0v) is 12.1. The summed E-state index contributed by atoms with van der Waals surface area (Å²) in [5.41, 5.74) is 3.30. The largest absolute Gasteiger partial charge is 0.346 e. The number of aromatic nitrogens is 3. The lowest BCUT2D eigenvalue weighted by molar-refractivity contribution is 0.899. The highest BCUT2D eigenvalue weighted by Gasteiger charge is 2.10. The second kappa shape index (κ2) is 5.51. The number of nitrogens with one attached hydrogen (secondary N) is 1. The highest BCUT2D eigenvalue weighted by atomic mass is 32.1. The molecule has 20 heavy (non-hydrogen) atoms. The van der Waals surface area contributed by atoms with E-state index >= 15 is 0 Å². The van der Waals surface area contributed by atoms with Gasteiger partial charge < -0.3 is 4.98 Å². The standard InChI is InChI=1S/C16H15N3S/c1-2-4-13-15(18-10-19-16(13)20)12-6-3-5-11-7-8-17-9-14(11)12/h3,5-10H,2,4H2,1H3,(H,18,19,20). The summed E-state index contributed by atoms with van der Waals surface area (Å²) in [4.78, 5) is 11.7. The molecule has 2 heterocycles. The number of benzene rings is 1. The Balaban J connectivity index is 2.31. The molecule has 100 valence electrons. The molecular formula is C16H15N3S. The lowest BCUT2D eigenvalue weighted by atomic mass is 9.99. The zero-order chi connectivity index (χ0) is 13.9. The summed E-state index contributed by atoms with van der Waals surface area (Å²) in [5, 5.41) is 2.31. The third-order valence-corrected chi connectivity index (χ3v) is 3.76. The van der Waals surface area contributed by atoms with Gasteiger partial charge in [-0.2, -0.15) is 0 Å². The summed E-state index contributed by atoms with van der Waals surface area (Å²) in [6.07, 6.45) is 7.35. The number of aromatic amines is 1. The Hall–Kier alpha value is -2.07. The van der Waals surface area contributed by atoms with Gasteiger partial charge in [-0.05, 0) is 17.9 Å². The molecule has 0 unspecified atom stereocenters. The van der Waals surface area contributed by atoms with E-state index in [0.29, 0.717) is 4.64 Å². The maximum Gasteiger partial charge on any atom is 0.133 e. The third kappa shape index (κ3) is 2.23. The van der Waals surface area contributed by atoms with E-state index in [0.717, 1.165) is 35.0 Å². The van der Waals surface area contributed by atoms with E-state index in [9.17, 15) is 0 Å². The first-order valence-corrected chi connectivity index (χ1v) is 7.11. The first kappa shape index (κ1) is 12.9. The smallest absolute Gasteiger partial charge is 0.133 e. The number of pyridine rings is 1. The monoisotopic (exact) mass is 281 g/mol. The molecule has 0 bridgehead atoms. The van der Waals surface area contributed by atoms with Crippen LogP contribution in [0, 0.1) is 4.64 Å². The summed E-state index contributed by atoms with van der Waals surface area (Å²) >= 11 is 5.38. The van der Waals surface area contributed by atoms with E-state index in [1.165, 1.54) is 5.39 Å². The van der Waals surface area contributed by atoms with Gasteiger partial charge in [0.25, 0.3) is 0 Å². The van der Waals surface area contributed by atoms with Gasteiger partial charge in [0.05, 0.1) is 12.0 Å². The van der Waals surface area contributed by atoms with Crippen molar-refractivity contribution in [2.75, 3.05) is 0 Å². The average molecular weight is 281 g/mol. The lowest BCUT2D eigenvalue weighted by Crippen LogP contribution is -1.97. The number of hydrogen-bond acceptors (Lipinski definition) is 3. The van der Waals surface area contributed by atoms with E-state index < -0.39 is 0 Å². The number of fused-ring (bicyclic) bond motifs is 1. The van der Waals surface area contributed by atoms with Crippen molar-refractivity contribution in [3.63, 3.8) is 0 Å². The maximum absolute atomic E-state index is 5.38. The fourth-order valence-electron chi connectivity index (χ4n) is 2.48. The second-order valence-corrected chi connectivity index (χ2v) is 5.10. The molecule has 0 aliphatic heterocycles. The third-order valence-electron chi connectivity index (χ3n) is 3.40. The number of hydrogen-bond donors (Lipinski definition) is 1. The molecule has 0 aliphatic carbocycles. The minimum atomic E-state index is 0.682. The molecule has 0 saturated carbocycles. The van der Waals surface area contributed by atoms with Gasteiger partial charge in [0.2, 0.25) is 0 Å². The van der Waals surface area contributed by atoms with Crippen LogP contribution in [0.5, 0.6) is 0 Å². The van der Waals surface area contributed by atoms with Crippen molar-refractivity contribution in [3.05, 3.63) is 53.2 Å². The molecule has 0 spiro atoms. The normalized spacial score (nSPS) is 10.8. The van der Waals surface area contributed by atoms with Gasteiger partial charge in [0.15, 0.2) is 0 Å². The van der Waals surface area contributed by atoms with Crippen molar-refractivity contribution in [2.24, 2.45) is 0 Å². The fourth-order valence-corrected chi connectivity index (χ4v) is 2.74. The molecule has 1 aromatic carbocycles. The van der Waals surface area contributed by atoms with E-state index in [-0.39, 0.29) is 0 Å². The Kier molecular flexibility index (Phi) is 3.56. The first-order valence-electron chi connectivity index (χ1n) is 6.71. The molecule has 0 aliphatic rings. The summed E-state index contributed by atoms with van der Waals surface area (Å²) in [5.74, 6) is 0. The predicted molar refractivity (Wildman–Crippen MR) is 84.2 cm³/mol. The van der Waals surface area contributed by atoms with Crippen LogP contribution in [0.3, 0.4) is 0 Å². The quantitative estimate of drug-likeness (QED) is 0.727. The van der Waals surface area contributed by atoms with Gasteiger partial charge >= 0.3 is 0 Å². The van der Waals surface area contributed by atoms with E-state index in [2.05, 4.69) is 40.1 Å². The zero-order valence-electron chi connectivity index (χ0n) is 11.3. The van der Waals surface area contributed by atoms with Crippen molar-refractivity contribution in [1.29, 1.82) is 0 Å². The summed E-state index contributed by atoms with van der Waals surface area (Å²) < 4.78 is 0.682. The number of H-pyrrole nitrogens is 1. The predicted octanol–water partition coefficient (Wildman–Crippen LogP) is 4.31. The summed E-state index contributed by atoms with van der Waals surface area (Å²) in [7, 11) is 0. The van der Waals surface area contributed by atoms with Crippen molar-refractivity contribution >= 4 is 23.0 Å². The topological polar surface area (TPSA) is 41.6 Å². The van der Waals surface area contributed by atoms with Crippen LogP contribution in [-0.2, 0) is 6.42 Å². The van der Waals surface area contributed by atoms with Crippen LogP contribution in [-0.4, -0.2) is 15.0 Å². The molecule has 0 atom stereocenters. The highest BCUT2D eigenvalue weighted by molar-refractivity contribution is 7.71. The molecule has 3 rings (SSSR count). The highest BCUT2D eigenvalue weighted by Crippen LogP contribution is 2.29. The van der Waals surface area contributed by atoms with Gasteiger partial charge in [0.1, 0.15) is 4.64 Å².